The quantitative estimate of drug-likeness (QED) is 0.718. The maximum Gasteiger partial charge on any atom is 0.345 e. The molecule has 1 fully saturated rings. The van der Waals surface area contributed by atoms with E-state index in [2.05, 4.69) is 9.97 Å². The van der Waals surface area contributed by atoms with Crippen molar-refractivity contribution >= 4 is 11.8 Å². The highest BCUT2D eigenvalue weighted by atomic mass is 16.6. The fourth-order valence-corrected chi connectivity index (χ4v) is 2.38. The Kier molecular flexibility index (Phi) is 4.47. The van der Waals surface area contributed by atoms with Gasteiger partial charge in [-0.25, -0.2) is 9.78 Å². The molecule has 128 valence electrons. The van der Waals surface area contributed by atoms with Crippen LogP contribution in [0, 0.1) is 11.3 Å². The summed E-state index contributed by atoms with van der Waals surface area (Å²) in [7, 11) is 0. The van der Waals surface area contributed by atoms with Gasteiger partial charge >= 0.3 is 5.97 Å². The second-order valence-corrected chi connectivity index (χ2v) is 5.37. The Bertz CT molecular complexity index is 864. The van der Waals surface area contributed by atoms with E-state index in [1.807, 2.05) is 6.07 Å². The molecule has 2 heterocycles. The summed E-state index contributed by atoms with van der Waals surface area (Å²) < 4.78 is 10.6. The van der Waals surface area contributed by atoms with Gasteiger partial charge < -0.3 is 25.4 Å². The number of hydrogen-bond acceptors (Lipinski definition) is 8. The number of nitrogens with two attached hydrogens (primary N) is 1. The van der Waals surface area contributed by atoms with Crippen LogP contribution in [0.2, 0.25) is 0 Å². The number of aromatic carboxylic acids is 1. The molecule has 1 aromatic heterocycles. The van der Waals surface area contributed by atoms with Crippen molar-refractivity contribution in [1.29, 1.82) is 5.26 Å². The molecule has 1 aliphatic rings. The Labute approximate surface area is 142 Å². The molecule has 0 amide bonds. The van der Waals surface area contributed by atoms with Crippen LogP contribution in [0.15, 0.2) is 24.3 Å². The molecule has 9 heteroatoms. The number of aliphatic hydroxyl groups excluding tert-OH is 1. The van der Waals surface area contributed by atoms with Gasteiger partial charge in [0, 0.05) is 5.56 Å². The smallest absolute Gasteiger partial charge is 0.345 e. The van der Waals surface area contributed by atoms with Crippen LogP contribution in [0.25, 0.3) is 11.4 Å². The van der Waals surface area contributed by atoms with Crippen molar-refractivity contribution in [1.82, 2.24) is 9.97 Å². The lowest BCUT2D eigenvalue weighted by atomic mass is 10.1. The summed E-state index contributed by atoms with van der Waals surface area (Å²) in [6, 6.07) is 8.47. The zero-order chi connectivity index (χ0) is 18.0. The largest absolute Gasteiger partial charge is 0.477 e. The summed E-state index contributed by atoms with van der Waals surface area (Å²) in [5.74, 6) is -1.77. The van der Waals surface area contributed by atoms with Crippen molar-refractivity contribution in [2.45, 2.75) is 12.2 Å². The normalized spacial score (nSPS) is 19.4. The number of hydrogen-bond donors (Lipinski definition) is 3. The molecule has 0 spiro atoms. The average Bonchev–Trinajstić information content (AvgIpc) is 2.99. The van der Waals surface area contributed by atoms with Crippen LogP contribution in [-0.2, 0) is 4.74 Å². The SMILES string of the molecule is N#Cc1cccc(-c2nc(N)c(C(=O)O)c(O[C@@H]3COCC3O)n2)c1. The van der Waals surface area contributed by atoms with Gasteiger partial charge in [0.25, 0.3) is 0 Å². The minimum atomic E-state index is -1.35. The Morgan fingerprint density at radius 3 is 2.84 bits per heavy atom. The van der Waals surface area contributed by atoms with Crippen LogP contribution in [0.5, 0.6) is 5.88 Å². The monoisotopic (exact) mass is 342 g/mol. The van der Waals surface area contributed by atoms with E-state index in [9.17, 15) is 15.0 Å². The van der Waals surface area contributed by atoms with Gasteiger partial charge in [0.1, 0.15) is 11.9 Å². The minimum absolute atomic E-state index is 0.0880. The van der Waals surface area contributed by atoms with Crippen molar-refractivity contribution in [3.05, 3.63) is 35.4 Å². The summed E-state index contributed by atoms with van der Waals surface area (Å²) in [5, 5.41) is 28.1. The van der Waals surface area contributed by atoms with E-state index in [0.29, 0.717) is 11.1 Å². The number of anilines is 1. The van der Waals surface area contributed by atoms with Gasteiger partial charge in [-0.3, -0.25) is 0 Å². The van der Waals surface area contributed by atoms with E-state index in [0.717, 1.165) is 0 Å². The number of rotatable bonds is 4. The van der Waals surface area contributed by atoms with Gasteiger partial charge in [0.2, 0.25) is 5.88 Å². The first-order valence-electron chi connectivity index (χ1n) is 7.33. The molecule has 25 heavy (non-hydrogen) atoms. The fourth-order valence-electron chi connectivity index (χ4n) is 2.38. The van der Waals surface area contributed by atoms with E-state index in [1.165, 1.54) is 0 Å². The molecule has 4 N–H and O–H groups in total. The maximum absolute atomic E-state index is 11.5. The number of carboxylic acid groups (broad SMARTS) is 1. The summed E-state index contributed by atoms with van der Waals surface area (Å²) in [6.45, 7) is 0.189. The van der Waals surface area contributed by atoms with E-state index >= 15 is 0 Å². The second kappa shape index (κ2) is 6.72. The Morgan fingerprint density at radius 2 is 2.20 bits per heavy atom. The van der Waals surface area contributed by atoms with Gasteiger partial charge in [-0.05, 0) is 12.1 Å². The molecule has 1 saturated heterocycles. The van der Waals surface area contributed by atoms with Gasteiger partial charge in [-0.2, -0.15) is 10.2 Å². The number of carbonyl (C=O) groups is 1. The first kappa shape index (κ1) is 16.6. The Hall–Kier alpha value is -3.22. The van der Waals surface area contributed by atoms with Crippen molar-refractivity contribution < 1.29 is 24.5 Å². The third-order valence-electron chi connectivity index (χ3n) is 3.63. The van der Waals surface area contributed by atoms with Crippen LogP contribution >= 0.6 is 0 Å². The zero-order valence-electron chi connectivity index (χ0n) is 12.9. The fraction of sp³-hybridized carbons (Fsp3) is 0.250. The Morgan fingerprint density at radius 1 is 1.40 bits per heavy atom. The van der Waals surface area contributed by atoms with E-state index < -0.39 is 18.2 Å². The number of nitriles is 1. The number of benzene rings is 1. The molecule has 0 aliphatic carbocycles. The Balaban J connectivity index is 2.06. The van der Waals surface area contributed by atoms with E-state index in [4.69, 9.17) is 20.5 Å². The average molecular weight is 342 g/mol. The van der Waals surface area contributed by atoms with E-state index in [-0.39, 0.29) is 36.3 Å². The molecule has 0 saturated carbocycles. The number of carboxylic acids is 1. The lowest BCUT2D eigenvalue weighted by Crippen LogP contribution is -2.31. The highest BCUT2D eigenvalue weighted by molar-refractivity contribution is 5.95. The summed E-state index contributed by atoms with van der Waals surface area (Å²) in [5.41, 5.74) is 6.25. The molecule has 1 aliphatic heterocycles. The first-order chi connectivity index (χ1) is 12.0. The standard InChI is InChI=1S/C16H14N4O5/c17-5-8-2-1-3-9(4-8)14-19-13(18)12(16(22)23)15(20-14)25-11-7-24-6-10(11)21/h1-4,10-11,21H,6-7H2,(H,22,23)(H2,18,19,20)/t10?,11-/m1/s1. The van der Waals surface area contributed by atoms with Crippen molar-refractivity contribution in [3.8, 4) is 23.3 Å². The summed E-state index contributed by atoms with van der Waals surface area (Å²) >= 11 is 0. The van der Waals surface area contributed by atoms with Crippen molar-refractivity contribution in [3.63, 3.8) is 0 Å². The first-order valence-corrected chi connectivity index (χ1v) is 7.33. The van der Waals surface area contributed by atoms with Crippen LogP contribution in [-0.4, -0.2) is 51.6 Å². The molecule has 1 unspecified atom stereocenters. The topological polar surface area (TPSA) is 152 Å². The third-order valence-corrected chi connectivity index (χ3v) is 3.63. The number of nitrogens with zero attached hydrogens (tertiary/aromatic N) is 3. The van der Waals surface area contributed by atoms with E-state index in [1.54, 1.807) is 24.3 Å². The van der Waals surface area contributed by atoms with Crippen molar-refractivity contribution in [2.75, 3.05) is 18.9 Å². The third kappa shape index (κ3) is 3.35. The predicted octanol–water partition coefficient (Wildman–Crippen LogP) is 0.434. The summed E-state index contributed by atoms with van der Waals surface area (Å²) in [6.07, 6.45) is -1.66. The molecular formula is C16H14N4O5. The molecule has 1 aromatic carbocycles. The molecule has 2 aromatic rings. The highest BCUT2D eigenvalue weighted by Crippen LogP contribution is 2.28. The van der Waals surface area contributed by atoms with Gasteiger partial charge in [-0.15, -0.1) is 0 Å². The molecule has 3 rings (SSSR count). The van der Waals surface area contributed by atoms with Crippen molar-refractivity contribution in [2.24, 2.45) is 0 Å². The molecular weight excluding hydrogens is 328 g/mol. The second-order valence-electron chi connectivity index (χ2n) is 5.37. The van der Waals surface area contributed by atoms with Crippen LogP contribution in [0.1, 0.15) is 15.9 Å². The van der Waals surface area contributed by atoms with Gasteiger partial charge in [-0.1, -0.05) is 12.1 Å². The maximum atomic E-state index is 11.5. The van der Waals surface area contributed by atoms with Gasteiger partial charge in [0.05, 0.1) is 24.8 Å². The minimum Gasteiger partial charge on any atom is -0.477 e. The van der Waals surface area contributed by atoms with Gasteiger partial charge in [0.15, 0.2) is 17.5 Å². The lowest BCUT2D eigenvalue weighted by Gasteiger charge is -2.17. The highest BCUT2D eigenvalue weighted by Gasteiger charge is 2.31. The molecule has 2 atom stereocenters. The number of ether oxygens (including phenoxy) is 2. The van der Waals surface area contributed by atoms with Crippen LogP contribution < -0.4 is 10.5 Å². The number of aromatic nitrogens is 2. The lowest BCUT2D eigenvalue weighted by molar-refractivity contribution is 0.0619. The number of aliphatic hydroxyl groups is 1. The predicted molar refractivity (Wildman–Crippen MR) is 84.8 cm³/mol. The summed E-state index contributed by atoms with van der Waals surface area (Å²) in [4.78, 5) is 19.6. The van der Waals surface area contributed by atoms with Crippen LogP contribution in [0.4, 0.5) is 5.82 Å². The molecule has 9 nitrogen and oxygen atoms in total. The number of nitrogen functional groups attached to an aromatic ring is 1. The zero-order valence-corrected chi connectivity index (χ0v) is 12.9. The molecule has 0 bridgehead atoms. The molecule has 0 radical (unpaired) electrons. The van der Waals surface area contributed by atoms with Crippen LogP contribution in [0.3, 0.4) is 0 Å².